The van der Waals surface area contributed by atoms with Crippen molar-refractivity contribution in [2.24, 2.45) is 17.8 Å². The average molecular weight is 874 g/mol. The lowest BCUT2D eigenvalue weighted by Crippen LogP contribution is -2.55. The number of carbonyl (C=O) groups is 4. The summed E-state index contributed by atoms with van der Waals surface area (Å²) in [4.78, 5) is 55.9. The molecule has 64 heavy (non-hydrogen) atoms. The number of hydrogen-bond donors (Lipinski definition) is 5. The fourth-order valence-corrected chi connectivity index (χ4v) is 9.17. The number of unbranched alkanes of at least 4 members (excludes halogenated alkanes) is 1. The Morgan fingerprint density at radius 2 is 1.80 bits per heavy atom. The Morgan fingerprint density at radius 3 is 2.52 bits per heavy atom. The first kappa shape index (κ1) is 45.3. The van der Waals surface area contributed by atoms with E-state index >= 15 is 0 Å². The van der Waals surface area contributed by atoms with Crippen molar-refractivity contribution in [2.75, 3.05) is 47.0 Å². The Labute approximate surface area is 376 Å². The molecule has 0 spiro atoms. The molecule has 4 amide bonds. The number of nitrogens with zero attached hydrogens (tertiary/aromatic N) is 3. The molecule has 0 radical (unpaired) electrons. The highest BCUT2D eigenvalue weighted by molar-refractivity contribution is 5.87. The molecule has 1 aromatic carbocycles. The van der Waals surface area contributed by atoms with Gasteiger partial charge in [-0.25, -0.2) is 9.59 Å². The molecular formula is C49H61N8O7+. The summed E-state index contributed by atoms with van der Waals surface area (Å²) in [6.45, 7) is 12.3. The zero-order chi connectivity index (χ0) is 45.5. The van der Waals surface area contributed by atoms with Crippen LogP contribution in [-0.4, -0.2) is 117 Å². The van der Waals surface area contributed by atoms with Crippen molar-refractivity contribution in [1.82, 2.24) is 36.4 Å². The van der Waals surface area contributed by atoms with Crippen LogP contribution >= 0.6 is 0 Å². The minimum Gasteiger partial charge on any atom is -0.493 e. The Hall–Kier alpha value is -6.69. The van der Waals surface area contributed by atoms with Gasteiger partial charge < -0.3 is 50.6 Å². The second-order valence-corrected chi connectivity index (χ2v) is 17.2. The molecule has 0 bridgehead atoms. The molecule has 7 rings (SSSR count). The van der Waals surface area contributed by atoms with E-state index in [1.165, 1.54) is 19.8 Å². The Bertz CT molecular complexity index is 2280. The second kappa shape index (κ2) is 20.2. The van der Waals surface area contributed by atoms with Crippen LogP contribution in [0.5, 0.6) is 5.75 Å². The topological polar surface area (TPSA) is 166 Å². The summed E-state index contributed by atoms with van der Waals surface area (Å²) in [6, 6.07) is 2.72. The van der Waals surface area contributed by atoms with E-state index in [0.29, 0.717) is 45.6 Å². The summed E-state index contributed by atoms with van der Waals surface area (Å²) < 4.78 is 18.2. The predicted octanol–water partition coefficient (Wildman–Crippen LogP) is 4.69. The van der Waals surface area contributed by atoms with Crippen molar-refractivity contribution >= 4 is 42.5 Å². The van der Waals surface area contributed by atoms with Gasteiger partial charge in [-0.1, -0.05) is 69.7 Å². The fraction of sp³-hybridized carbons (Fsp3) is 0.449. The summed E-state index contributed by atoms with van der Waals surface area (Å²) >= 11 is 0. The zero-order valence-corrected chi connectivity index (χ0v) is 37.4. The van der Waals surface area contributed by atoms with Gasteiger partial charge in [0.2, 0.25) is 23.7 Å². The lowest BCUT2D eigenvalue weighted by Gasteiger charge is -2.39. The van der Waals surface area contributed by atoms with Crippen molar-refractivity contribution in [3.63, 3.8) is 0 Å². The Balaban J connectivity index is 1.02. The van der Waals surface area contributed by atoms with Gasteiger partial charge >= 0.3 is 12.2 Å². The summed E-state index contributed by atoms with van der Waals surface area (Å²) in [5.41, 5.74) is 7.19. The molecule has 338 valence electrons. The molecule has 5 N–H and O–H groups in total. The fourth-order valence-electron chi connectivity index (χ4n) is 9.17. The van der Waals surface area contributed by atoms with E-state index in [2.05, 4.69) is 82.6 Å². The first-order valence-corrected chi connectivity index (χ1v) is 22.2. The SMILES string of the molecule is C#CCCN(CC1NC=C(C2=CC3COc4cc(C5=CNC(CN(CCCC)C(=O)C(NC(=O)OC)C(C)C)[N+]5=C)cc5c4C3C(=C2)C=C5)N1)C(=O)C(NC(=O)OC)C1C=CC=CC1. The second-order valence-electron chi connectivity index (χ2n) is 17.2. The molecular weight excluding hydrogens is 813 g/mol. The van der Waals surface area contributed by atoms with Crippen molar-refractivity contribution in [1.29, 1.82) is 0 Å². The minimum absolute atomic E-state index is 0.0892. The van der Waals surface area contributed by atoms with Crippen LogP contribution in [0.25, 0.3) is 11.8 Å². The maximum Gasteiger partial charge on any atom is 0.407 e. The van der Waals surface area contributed by atoms with Crippen LogP contribution in [-0.2, 0) is 19.1 Å². The van der Waals surface area contributed by atoms with Crippen LogP contribution in [0.3, 0.4) is 0 Å². The number of alkyl carbamates (subject to hydrolysis) is 2. The number of hydrogen-bond acceptors (Lipinski definition) is 10. The number of ether oxygens (including phenoxy) is 3. The molecule has 3 aliphatic heterocycles. The van der Waals surface area contributed by atoms with Gasteiger partial charge in [0.25, 0.3) is 0 Å². The van der Waals surface area contributed by atoms with Crippen LogP contribution in [0.15, 0.2) is 83.9 Å². The van der Waals surface area contributed by atoms with E-state index in [1.807, 2.05) is 55.1 Å². The van der Waals surface area contributed by atoms with Gasteiger partial charge in [0.05, 0.1) is 44.8 Å². The standard InChI is InChI=1S/C49H60N8O7/c1-8-10-19-56(47(59)45(54-49(61)63-7)31-15-13-12-14-16-31)27-40-50-25-37(52-40)34-21-32-17-18-33-22-35(24-39-43(33)42(32)36(23-34)29-64-39)38-26-51-41(55(38)5)28-57(20-11-9-2)46(58)44(30(3)4)53-48(60)62-6/h1,12-15,17-18,21-26,30-31,36,40-42,44-45,50-52H,5,9-11,16,19-20,27-29H2,2-4,6-7H3,(H-,53,54,60,61)/p+1. The first-order valence-electron chi connectivity index (χ1n) is 22.2. The number of nitrogens with one attached hydrogen (secondary N) is 5. The van der Waals surface area contributed by atoms with E-state index in [4.69, 9.17) is 20.6 Å². The minimum atomic E-state index is -0.817. The normalized spacial score (nSPS) is 23.0. The highest BCUT2D eigenvalue weighted by Crippen LogP contribution is 2.51. The van der Waals surface area contributed by atoms with Gasteiger partial charge in [0.15, 0.2) is 0 Å². The molecule has 0 aromatic heterocycles. The van der Waals surface area contributed by atoms with E-state index in [1.54, 1.807) is 9.80 Å². The van der Waals surface area contributed by atoms with Gasteiger partial charge in [-0.3, -0.25) is 9.59 Å². The highest BCUT2D eigenvalue weighted by Gasteiger charge is 2.41. The van der Waals surface area contributed by atoms with E-state index in [0.717, 1.165) is 52.2 Å². The number of rotatable bonds is 17. The smallest absolute Gasteiger partial charge is 0.407 e. The summed E-state index contributed by atoms with van der Waals surface area (Å²) in [7, 11) is 2.57. The van der Waals surface area contributed by atoms with Crippen molar-refractivity contribution in [3.05, 3.63) is 101 Å². The summed E-state index contributed by atoms with van der Waals surface area (Å²) in [6.07, 6.45) is 26.9. The molecule has 0 saturated carbocycles. The molecule has 15 nitrogen and oxygen atoms in total. The number of terminal acetylenes is 1. The van der Waals surface area contributed by atoms with Crippen LogP contribution in [0.4, 0.5) is 9.59 Å². The maximum absolute atomic E-state index is 14.1. The number of benzene rings is 1. The lowest BCUT2D eigenvalue weighted by atomic mass is 9.70. The van der Waals surface area contributed by atoms with E-state index in [-0.39, 0.29) is 47.8 Å². The number of amides is 4. The molecule has 0 fully saturated rings. The average Bonchev–Trinajstić information content (AvgIpc) is 3.94. The van der Waals surface area contributed by atoms with Gasteiger partial charge in [0, 0.05) is 49.0 Å². The van der Waals surface area contributed by atoms with Crippen molar-refractivity contribution in [2.45, 2.75) is 76.8 Å². The van der Waals surface area contributed by atoms with Crippen LogP contribution in [0, 0.1) is 30.1 Å². The zero-order valence-electron chi connectivity index (χ0n) is 37.4. The summed E-state index contributed by atoms with van der Waals surface area (Å²) in [5.74, 6) is 2.95. The predicted molar refractivity (Wildman–Crippen MR) is 245 cm³/mol. The van der Waals surface area contributed by atoms with Gasteiger partial charge in [-0.15, -0.1) is 12.3 Å². The molecule has 7 unspecified atom stereocenters. The molecule has 3 aliphatic carbocycles. The third kappa shape index (κ3) is 9.76. The van der Waals surface area contributed by atoms with Crippen molar-refractivity contribution in [3.8, 4) is 18.1 Å². The first-order chi connectivity index (χ1) is 30.9. The van der Waals surface area contributed by atoms with E-state index in [9.17, 15) is 19.2 Å². The molecule has 6 aliphatic rings. The molecule has 1 aromatic rings. The van der Waals surface area contributed by atoms with E-state index < -0.39 is 24.3 Å². The Kier molecular flexibility index (Phi) is 14.3. The quantitative estimate of drug-likeness (QED) is 0.110. The van der Waals surface area contributed by atoms with Gasteiger partial charge in [0.1, 0.15) is 37.3 Å². The van der Waals surface area contributed by atoms with Crippen LogP contribution in [0.1, 0.15) is 69.1 Å². The molecule has 7 atom stereocenters. The summed E-state index contributed by atoms with van der Waals surface area (Å²) in [5, 5.41) is 15.9. The van der Waals surface area contributed by atoms with Crippen LogP contribution in [0.2, 0.25) is 0 Å². The third-order valence-electron chi connectivity index (χ3n) is 12.6. The highest BCUT2D eigenvalue weighted by atomic mass is 16.5. The van der Waals surface area contributed by atoms with Gasteiger partial charge in [-0.2, -0.15) is 4.58 Å². The number of methoxy groups -OCH3 is 2. The Morgan fingerprint density at radius 1 is 1.02 bits per heavy atom. The lowest BCUT2D eigenvalue weighted by molar-refractivity contribution is -0.464. The van der Waals surface area contributed by atoms with Crippen molar-refractivity contribution < 1.29 is 38.0 Å². The third-order valence-corrected chi connectivity index (χ3v) is 12.6. The molecule has 3 heterocycles. The monoisotopic (exact) mass is 873 g/mol. The van der Waals surface area contributed by atoms with Crippen LogP contribution < -0.4 is 31.3 Å². The number of carbonyl (C=O) groups excluding carboxylic acids is 4. The van der Waals surface area contributed by atoms with Gasteiger partial charge in [-0.05, 0) is 53.7 Å². The molecule has 0 saturated heterocycles. The number of allylic oxidation sites excluding steroid dienone is 6. The molecule has 15 heteroatoms. The maximum atomic E-state index is 14.1. The largest absolute Gasteiger partial charge is 0.493 e.